The molecular formula is C26H28N2O9. The molecule has 0 aliphatic carbocycles. The van der Waals surface area contributed by atoms with E-state index in [1.165, 1.54) is 24.1 Å². The minimum atomic E-state index is -0.947. The zero-order valence-corrected chi connectivity index (χ0v) is 20.7. The van der Waals surface area contributed by atoms with Crippen LogP contribution in [0.3, 0.4) is 0 Å². The summed E-state index contributed by atoms with van der Waals surface area (Å²) in [5.74, 6) is 0.122. The zero-order chi connectivity index (χ0) is 26.9. The van der Waals surface area contributed by atoms with Crippen LogP contribution in [-0.2, 0) is 23.9 Å². The van der Waals surface area contributed by atoms with Gasteiger partial charge in [0.2, 0.25) is 11.8 Å². The van der Waals surface area contributed by atoms with E-state index in [-0.39, 0.29) is 78.7 Å². The van der Waals surface area contributed by atoms with Gasteiger partial charge in [-0.15, -0.1) is 6.42 Å². The molecule has 2 fully saturated rings. The highest BCUT2D eigenvalue weighted by molar-refractivity contribution is 6.06. The molecule has 5 unspecified atom stereocenters. The molecule has 11 nitrogen and oxygen atoms in total. The molecule has 5 atom stereocenters. The molecule has 0 radical (unpaired) electrons. The first-order valence-corrected chi connectivity index (χ1v) is 12.0. The van der Waals surface area contributed by atoms with Gasteiger partial charge in [0, 0.05) is 13.0 Å². The van der Waals surface area contributed by atoms with Gasteiger partial charge in [-0.05, 0) is 18.4 Å². The number of amides is 2. The molecule has 37 heavy (non-hydrogen) atoms. The van der Waals surface area contributed by atoms with Gasteiger partial charge < -0.3 is 18.9 Å². The highest BCUT2D eigenvalue weighted by Crippen LogP contribution is 2.45. The molecule has 3 aliphatic rings. The molecule has 2 amide bonds. The SMILES string of the molecule is C#CCOc1cc([N+](=O)[O-])c(C(OC(=O)CCCN2C(=O)C3C4C=CC(O4)C3C2=O)C(C)C)cc1OC. The highest BCUT2D eigenvalue weighted by atomic mass is 16.6. The summed E-state index contributed by atoms with van der Waals surface area (Å²) in [4.78, 5) is 50.7. The second-order valence-corrected chi connectivity index (χ2v) is 9.40. The summed E-state index contributed by atoms with van der Waals surface area (Å²) < 4.78 is 21.9. The average molecular weight is 513 g/mol. The van der Waals surface area contributed by atoms with Crippen molar-refractivity contribution in [2.75, 3.05) is 20.3 Å². The second-order valence-electron chi connectivity index (χ2n) is 9.40. The number of ether oxygens (including phenoxy) is 4. The summed E-state index contributed by atoms with van der Waals surface area (Å²) in [5.41, 5.74) is -0.150. The Bertz CT molecular complexity index is 1160. The van der Waals surface area contributed by atoms with Crippen molar-refractivity contribution in [3.8, 4) is 23.8 Å². The standard InChI is InChI=1S/C26H28N2O9/c1-5-11-35-20-13-16(28(32)33)15(12-19(20)34-4)24(14(2)3)37-21(29)7-6-10-27-25(30)22-17-8-9-18(36-17)23(22)26(27)31/h1,8-9,12-14,17-18,22-24H,6-7,10-11H2,2-4H3. The molecule has 3 aliphatic heterocycles. The molecule has 0 N–H and O–H groups in total. The number of carbonyl (C=O) groups is 3. The first-order valence-electron chi connectivity index (χ1n) is 12.0. The van der Waals surface area contributed by atoms with Crippen molar-refractivity contribution in [1.29, 1.82) is 0 Å². The third-order valence-corrected chi connectivity index (χ3v) is 6.76. The first-order chi connectivity index (χ1) is 17.7. The molecule has 2 saturated heterocycles. The summed E-state index contributed by atoms with van der Waals surface area (Å²) in [6, 6.07) is 2.61. The van der Waals surface area contributed by atoms with E-state index in [1.807, 2.05) is 12.2 Å². The van der Waals surface area contributed by atoms with Gasteiger partial charge in [-0.2, -0.15) is 0 Å². The minimum absolute atomic E-state index is 0.0779. The number of rotatable bonds is 11. The molecule has 2 bridgehead atoms. The molecule has 196 valence electrons. The number of fused-ring (bicyclic) bond motifs is 5. The largest absolute Gasteiger partial charge is 0.493 e. The Morgan fingerprint density at radius 2 is 1.84 bits per heavy atom. The Morgan fingerprint density at radius 1 is 1.19 bits per heavy atom. The number of terminal acetylenes is 1. The molecule has 0 spiro atoms. The average Bonchev–Trinajstić information content (AvgIpc) is 3.55. The van der Waals surface area contributed by atoms with Crippen molar-refractivity contribution in [3.05, 3.63) is 40.0 Å². The van der Waals surface area contributed by atoms with Crippen molar-refractivity contribution < 1.29 is 38.3 Å². The Morgan fingerprint density at radius 3 is 2.38 bits per heavy atom. The zero-order valence-electron chi connectivity index (χ0n) is 20.7. The van der Waals surface area contributed by atoms with Crippen LogP contribution in [0.5, 0.6) is 11.5 Å². The fourth-order valence-corrected chi connectivity index (χ4v) is 5.07. The quantitative estimate of drug-likeness (QED) is 0.109. The lowest BCUT2D eigenvalue weighted by atomic mass is 9.85. The summed E-state index contributed by atoms with van der Waals surface area (Å²) >= 11 is 0. The number of nitrogens with zero attached hydrogens (tertiary/aromatic N) is 2. The van der Waals surface area contributed by atoms with E-state index in [1.54, 1.807) is 13.8 Å². The monoisotopic (exact) mass is 512 g/mol. The number of nitro benzene ring substituents is 1. The van der Waals surface area contributed by atoms with Crippen LogP contribution < -0.4 is 9.47 Å². The van der Waals surface area contributed by atoms with Gasteiger partial charge in [-0.1, -0.05) is 31.9 Å². The summed E-state index contributed by atoms with van der Waals surface area (Å²) in [5, 5.41) is 11.8. The van der Waals surface area contributed by atoms with Gasteiger partial charge in [0.1, 0.15) is 12.7 Å². The molecule has 4 rings (SSSR count). The number of methoxy groups -OCH3 is 1. The minimum Gasteiger partial charge on any atom is -0.493 e. The van der Waals surface area contributed by atoms with Crippen molar-refractivity contribution in [3.63, 3.8) is 0 Å². The lowest BCUT2D eigenvalue weighted by Crippen LogP contribution is -2.35. The van der Waals surface area contributed by atoms with E-state index in [0.29, 0.717) is 0 Å². The second kappa shape index (κ2) is 10.6. The van der Waals surface area contributed by atoms with Crippen LogP contribution in [-0.4, -0.2) is 60.1 Å². The number of hydrogen-bond acceptors (Lipinski definition) is 9. The molecule has 0 saturated carbocycles. The van der Waals surface area contributed by atoms with E-state index in [2.05, 4.69) is 5.92 Å². The number of benzene rings is 1. The van der Waals surface area contributed by atoms with Crippen LogP contribution in [0.1, 0.15) is 38.4 Å². The van der Waals surface area contributed by atoms with Crippen LogP contribution in [0.2, 0.25) is 0 Å². The third kappa shape index (κ3) is 4.89. The topological polar surface area (TPSA) is 135 Å². The van der Waals surface area contributed by atoms with Gasteiger partial charge in [0.25, 0.3) is 5.69 Å². The highest BCUT2D eigenvalue weighted by Gasteiger charge is 2.60. The third-order valence-electron chi connectivity index (χ3n) is 6.76. The van der Waals surface area contributed by atoms with Gasteiger partial charge in [0.05, 0.1) is 47.7 Å². The lowest BCUT2D eigenvalue weighted by Gasteiger charge is -2.23. The number of imide groups is 1. The molecule has 0 aromatic heterocycles. The Hall–Kier alpha value is -3.91. The summed E-state index contributed by atoms with van der Waals surface area (Å²) in [6.45, 7) is 3.51. The van der Waals surface area contributed by atoms with Crippen LogP contribution in [0.4, 0.5) is 5.69 Å². The number of carbonyl (C=O) groups excluding carboxylic acids is 3. The maximum absolute atomic E-state index is 12.7. The fraction of sp³-hybridized carbons (Fsp3) is 0.500. The van der Waals surface area contributed by atoms with E-state index < -0.39 is 28.8 Å². The molecule has 1 aromatic carbocycles. The van der Waals surface area contributed by atoms with E-state index >= 15 is 0 Å². The maximum Gasteiger partial charge on any atom is 0.306 e. The van der Waals surface area contributed by atoms with Gasteiger partial charge in [0.15, 0.2) is 11.5 Å². The van der Waals surface area contributed by atoms with Crippen molar-refractivity contribution >= 4 is 23.5 Å². The molecule has 1 aromatic rings. The predicted molar refractivity (Wildman–Crippen MR) is 128 cm³/mol. The normalized spacial score (nSPS) is 24.2. The first kappa shape index (κ1) is 26.2. The predicted octanol–water partition coefficient (Wildman–Crippen LogP) is 2.57. The molecular weight excluding hydrogens is 484 g/mol. The van der Waals surface area contributed by atoms with E-state index in [4.69, 9.17) is 25.4 Å². The summed E-state index contributed by atoms with van der Waals surface area (Å²) in [7, 11) is 1.38. The van der Waals surface area contributed by atoms with Gasteiger partial charge in [-0.25, -0.2) is 0 Å². The molecule has 11 heteroatoms. The van der Waals surface area contributed by atoms with Crippen LogP contribution >= 0.6 is 0 Å². The lowest BCUT2D eigenvalue weighted by molar-refractivity contribution is -0.386. The van der Waals surface area contributed by atoms with Crippen molar-refractivity contribution in [2.24, 2.45) is 17.8 Å². The Labute approximate surface area is 213 Å². The number of nitro groups is 1. The van der Waals surface area contributed by atoms with Crippen molar-refractivity contribution in [1.82, 2.24) is 4.90 Å². The summed E-state index contributed by atoms with van der Waals surface area (Å²) in [6.07, 6.45) is 7.27. The van der Waals surface area contributed by atoms with Crippen LogP contribution in [0, 0.1) is 40.2 Å². The fourth-order valence-electron chi connectivity index (χ4n) is 5.07. The van der Waals surface area contributed by atoms with E-state index in [9.17, 15) is 24.5 Å². The smallest absolute Gasteiger partial charge is 0.306 e. The Balaban J connectivity index is 1.42. The Kier molecular flexibility index (Phi) is 7.50. The van der Waals surface area contributed by atoms with E-state index in [0.717, 1.165) is 0 Å². The van der Waals surface area contributed by atoms with Gasteiger partial charge in [-0.3, -0.25) is 29.4 Å². The van der Waals surface area contributed by atoms with Crippen LogP contribution in [0.25, 0.3) is 0 Å². The van der Waals surface area contributed by atoms with Gasteiger partial charge >= 0.3 is 5.97 Å². The van der Waals surface area contributed by atoms with Crippen LogP contribution in [0.15, 0.2) is 24.3 Å². The molecule has 3 heterocycles. The number of esters is 1. The van der Waals surface area contributed by atoms with Crippen molar-refractivity contribution in [2.45, 2.75) is 45.0 Å². The maximum atomic E-state index is 12.7. The number of hydrogen-bond donors (Lipinski definition) is 0. The number of likely N-dealkylation sites (tertiary alicyclic amines) is 1.